The molecule has 0 aliphatic carbocycles. The van der Waals surface area contributed by atoms with Crippen molar-refractivity contribution >= 4 is 22.9 Å². The summed E-state index contributed by atoms with van der Waals surface area (Å²) in [5, 5.41) is 9.88. The summed E-state index contributed by atoms with van der Waals surface area (Å²) in [4.78, 5) is 16.5. The van der Waals surface area contributed by atoms with Gasteiger partial charge in [0.05, 0.1) is 19.1 Å². The quantitative estimate of drug-likeness (QED) is 0.332. The number of nitriles is 1. The van der Waals surface area contributed by atoms with Gasteiger partial charge in [0.15, 0.2) is 0 Å². The number of nitrogens with zero attached hydrogens (tertiary/aromatic N) is 3. The molecule has 0 atom stereocenters. The van der Waals surface area contributed by atoms with Gasteiger partial charge in [-0.2, -0.15) is 5.26 Å². The molecule has 0 unspecified atom stereocenters. The van der Waals surface area contributed by atoms with Gasteiger partial charge < -0.3 is 9.30 Å². The molecule has 2 aromatic heterocycles. The van der Waals surface area contributed by atoms with E-state index in [1.54, 1.807) is 6.08 Å². The molecule has 0 aliphatic heterocycles. The van der Waals surface area contributed by atoms with Crippen molar-refractivity contribution in [2.24, 2.45) is 0 Å². The molecule has 142 valence electrons. The first-order chi connectivity index (χ1) is 13.7. The largest absolute Gasteiger partial charge is 0.463 e. The van der Waals surface area contributed by atoms with E-state index in [1.165, 1.54) is 6.08 Å². The molecule has 2 heterocycles. The Hall–Kier alpha value is -3.39. The van der Waals surface area contributed by atoms with Gasteiger partial charge in [0.2, 0.25) is 0 Å². The molecule has 5 heteroatoms. The summed E-state index contributed by atoms with van der Waals surface area (Å²) in [5.74, 6) is -0.356. The number of para-hydroxylation sites is 1. The van der Waals surface area contributed by atoms with Gasteiger partial charge in [-0.25, -0.2) is 4.79 Å². The smallest absolute Gasteiger partial charge is 0.330 e. The fraction of sp³-hybridized carbons (Fsp3) is 0.261. The Labute approximate surface area is 164 Å². The number of ether oxygens (including phenoxy) is 1. The molecule has 0 radical (unpaired) electrons. The highest BCUT2D eigenvalue weighted by molar-refractivity contribution is 5.94. The third-order valence-electron chi connectivity index (χ3n) is 4.45. The van der Waals surface area contributed by atoms with Crippen LogP contribution in [0.2, 0.25) is 0 Å². The third-order valence-corrected chi connectivity index (χ3v) is 4.45. The van der Waals surface area contributed by atoms with Crippen LogP contribution in [0.5, 0.6) is 0 Å². The summed E-state index contributed by atoms with van der Waals surface area (Å²) in [6.45, 7) is 2.96. The van der Waals surface area contributed by atoms with Crippen LogP contribution in [0.3, 0.4) is 0 Å². The molecule has 28 heavy (non-hydrogen) atoms. The zero-order valence-electron chi connectivity index (χ0n) is 16.0. The van der Waals surface area contributed by atoms with Crippen molar-refractivity contribution in [3.63, 3.8) is 0 Å². The lowest BCUT2D eigenvalue weighted by molar-refractivity contribution is -0.137. The van der Waals surface area contributed by atoms with Crippen molar-refractivity contribution in [3.05, 3.63) is 71.7 Å². The SMILES string of the molecule is Cc1cccc(CCCOC(=O)C=Cc2cn(CCC#N)c3ccccc23)n1. The molecule has 0 saturated carbocycles. The number of hydrogen-bond donors (Lipinski definition) is 0. The molecule has 3 aromatic rings. The number of aryl methyl sites for hydroxylation is 3. The Morgan fingerprint density at radius 2 is 2.11 bits per heavy atom. The van der Waals surface area contributed by atoms with Crippen LogP contribution in [0.4, 0.5) is 0 Å². The lowest BCUT2D eigenvalue weighted by Crippen LogP contribution is -2.04. The van der Waals surface area contributed by atoms with E-state index in [1.807, 2.05) is 60.2 Å². The molecule has 3 rings (SSSR count). The molecule has 0 fully saturated rings. The molecule has 1 aromatic carbocycles. The summed E-state index contributed by atoms with van der Waals surface area (Å²) in [7, 11) is 0. The highest BCUT2D eigenvalue weighted by Gasteiger charge is 2.06. The van der Waals surface area contributed by atoms with Crippen molar-refractivity contribution in [1.82, 2.24) is 9.55 Å². The van der Waals surface area contributed by atoms with Gasteiger partial charge in [0.25, 0.3) is 0 Å². The predicted molar refractivity (Wildman–Crippen MR) is 109 cm³/mol. The number of pyridine rings is 1. The molecule has 0 aliphatic rings. The maximum absolute atomic E-state index is 12.0. The van der Waals surface area contributed by atoms with Crippen molar-refractivity contribution in [3.8, 4) is 6.07 Å². The van der Waals surface area contributed by atoms with Gasteiger partial charge >= 0.3 is 5.97 Å². The Morgan fingerprint density at radius 3 is 2.93 bits per heavy atom. The molecular formula is C23H23N3O2. The number of carbonyl (C=O) groups excluding carboxylic acids is 1. The van der Waals surface area contributed by atoms with Gasteiger partial charge in [-0.3, -0.25) is 4.98 Å². The van der Waals surface area contributed by atoms with Crippen LogP contribution in [0.1, 0.15) is 29.8 Å². The van der Waals surface area contributed by atoms with Crippen molar-refractivity contribution < 1.29 is 9.53 Å². The highest BCUT2D eigenvalue weighted by atomic mass is 16.5. The zero-order valence-corrected chi connectivity index (χ0v) is 16.0. The number of carbonyl (C=O) groups is 1. The summed E-state index contributed by atoms with van der Waals surface area (Å²) in [5.41, 5.74) is 3.99. The van der Waals surface area contributed by atoms with E-state index in [4.69, 9.17) is 10.00 Å². The van der Waals surface area contributed by atoms with Crippen LogP contribution in [-0.4, -0.2) is 22.1 Å². The second kappa shape index (κ2) is 9.52. The number of benzene rings is 1. The fourth-order valence-corrected chi connectivity index (χ4v) is 3.13. The van der Waals surface area contributed by atoms with Crippen molar-refractivity contribution in [2.75, 3.05) is 6.61 Å². The lowest BCUT2D eigenvalue weighted by atomic mass is 10.1. The van der Waals surface area contributed by atoms with E-state index in [2.05, 4.69) is 11.1 Å². The number of rotatable bonds is 8. The van der Waals surface area contributed by atoms with E-state index >= 15 is 0 Å². The van der Waals surface area contributed by atoms with Crippen LogP contribution < -0.4 is 0 Å². The first-order valence-electron chi connectivity index (χ1n) is 9.39. The van der Waals surface area contributed by atoms with E-state index in [-0.39, 0.29) is 5.97 Å². The summed E-state index contributed by atoms with van der Waals surface area (Å²) in [6.07, 6.45) is 7.17. The maximum atomic E-state index is 12.0. The van der Waals surface area contributed by atoms with Crippen LogP contribution >= 0.6 is 0 Å². The number of esters is 1. The molecule has 0 amide bonds. The van der Waals surface area contributed by atoms with E-state index < -0.39 is 0 Å². The normalized spacial score (nSPS) is 11.0. The average molecular weight is 373 g/mol. The minimum absolute atomic E-state index is 0.356. The van der Waals surface area contributed by atoms with Gasteiger partial charge in [-0.15, -0.1) is 0 Å². The Balaban J connectivity index is 1.56. The van der Waals surface area contributed by atoms with Crippen LogP contribution in [-0.2, 0) is 22.5 Å². The second-order valence-corrected chi connectivity index (χ2v) is 6.58. The van der Waals surface area contributed by atoms with Gasteiger partial charge in [-0.1, -0.05) is 24.3 Å². The fourth-order valence-electron chi connectivity index (χ4n) is 3.13. The number of aromatic nitrogens is 2. The van der Waals surface area contributed by atoms with Crippen molar-refractivity contribution in [1.29, 1.82) is 5.26 Å². The minimum Gasteiger partial charge on any atom is -0.463 e. The molecule has 0 saturated heterocycles. The van der Waals surface area contributed by atoms with Crippen LogP contribution in [0.15, 0.2) is 54.7 Å². The van der Waals surface area contributed by atoms with E-state index in [9.17, 15) is 4.79 Å². The first kappa shape index (κ1) is 19.4. The Bertz CT molecular complexity index is 1030. The van der Waals surface area contributed by atoms with E-state index in [0.717, 1.165) is 40.7 Å². The monoisotopic (exact) mass is 373 g/mol. The maximum Gasteiger partial charge on any atom is 0.330 e. The minimum atomic E-state index is -0.356. The standard InChI is InChI=1S/C23H23N3O2/c1-18-7-4-8-20(25-18)9-5-16-28-23(27)13-12-19-17-26(15-6-14-24)22-11-3-2-10-21(19)22/h2-4,7-8,10-13,17H,5-6,9,15-16H2,1H3. The third kappa shape index (κ3) is 5.08. The molecule has 0 N–H and O–H groups in total. The summed E-state index contributed by atoms with van der Waals surface area (Å²) >= 11 is 0. The topological polar surface area (TPSA) is 67.9 Å². The zero-order chi connectivity index (χ0) is 19.8. The van der Waals surface area contributed by atoms with Crippen molar-refractivity contribution in [2.45, 2.75) is 32.7 Å². The van der Waals surface area contributed by atoms with Gasteiger partial charge in [0.1, 0.15) is 0 Å². The second-order valence-electron chi connectivity index (χ2n) is 6.58. The van der Waals surface area contributed by atoms with Gasteiger partial charge in [0, 0.05) is 46.7 Å². The lowest BCUT2D eigenvalue weighted by Gasteiger charge is -2.03. The summed E-state index contributed by atoms with van der Waals surface area (Å²) in [6, 6.07) is 16.1. The number of fused-ring (bicyclic) bond motifs is 1. The first-order valence-corrected chi connectivity index (χ1v) is 9.39. The Morgan fingerprint density at radius 1 is 1.25 bits per heavy atom. The van der Waals surface area contributed by atoms with Gasteiger partial charge in [-0.05, 0) is 44.0 Å². The average Bonchev–Trinajstić information content (AvgIpc) is 3.06. The predicted octanol–water partition coefficient (Wildman–Crippen LogP) is 4.45. The highest BCUT2D eigenvalue weighted by Crippen LogP contribution is 2.22. The van der Waals surface area contributed by atoms with E-state index in [0.29, 0.717) is 19.6 Å². The molecule has 0 bridgehead atoms. The Kier molecular flexibility index (Phi) is 6.59. The van der Waals surface area contributed by atoms with Crippen LogP contribution in [0, 0.1) is 18.3 Å². The number of hydrogen-bond acceptors (Lipinski definition) is 4. The molecule has 5 nitrogen and oxygen atoms in total. The summed E-state index contributed by atoms with van der Waals surface area (Å²) < 4.78 is 7.34. The van der Waals surface area contributed by atoms with Crippen LogP contribution in [0.25, 0.3) is 17.0 Å². The molecular weight excluding hydrogens is 350 g/mol. The molecule has 0 spiro atoms.